The van der Waals surface area contributed by atoms with E-state index in [1.165, 1.54) is 0 Å². The molecule has 1 rings (SSSR count). The van der Waals surface area contributed by atoms with E-state index in [-0.39, 0.29) is 11.3 Å². The molecule has 0 aliphatic rings. The molecule has 0 bridgehead atoms. The molecule has 0 saturated carbocycles. The molecule has 0 aliphatic heterocycles. The smallest absolute Gasteiger partial charge is 0.225 e. The van der Waals surface area contributed by atoms with Crippen molar-refractivity contribution in [3.8, 4) is 5.75 Å². The Balaban J connectivity index is 3.16. The molecule has 0 aliphatic carbocycles. The minimum absolute atomic E-state index is 0.0492. The van der Waals surface area contributed by atoms with Gasteiger partial charge in [-0.05, 0) is 30.0 Å². The highest BCUT2D eigenvalue weighted by Gasteiger charge is 2.20. The average molecular weight is 264 g/mol. The van der Waals surface area contributed by atoms with Crippen molar-refractivity contribution in [1.29, 1.82) is 0 Å². The summed E-state index contributed by atoms with van der Waals surface area (Å²) in [5, 5.41) is 2.90. The molecule has 4 heteroatoms. The number of carbonyl (C=O) groups excluding carboxylic acids is 1. The van der Waals surface area contributed by atoms with Crippen LogP contribution < -0.4 is 15.8 Å². The SMILES string of the molecule is COc1cc(C)c(NC(=O)CCN)cc1C(C)(C)C. The lowest BCUT2D eigenvalue weighted by atomic mass is 9.85. The van der Waals surface area contributed by atoms with Crippen LogP contribution in [0.2, 0.25) is 0 Å². The Morgan fingerprint density at radius 1 is 1.37 bits per heavy atom. The molecule has 0 radical (unpaired) electrons. The van der Waals surface area contributed by atoms with Gasteiger partial charge >= 0.3 is 0 Å². The Morgan fingerprint density at radius 3 is 2.47 bits per heavy atom. The van der Waals surface area contributed by atoms with Gasteiger partial charge in [0, 0.05) is 24.2 Å². The molecule has 19 heavy (non-hydrogen) atoms. The number of ether oxygens (including phenoxy) is 1. The van der Waals surface area contributed by atoms with Crippen LogP contribution >= 0.6 is 0 Å². The van der Waals surface area contributed by atoms with Gasteiger partial charge in [0.15, 0.2) is 0 Å². The first-order chi connectivity index (χ1) is 8.79. The minimum Gasteiger partial charge on any atom is -0.496 e. The van der Waals surface area contributed by atoms with Gasteiger partial charge < -0.3 is 15.8 Å². The first-order valence-electron chi connectivity index (χ1n) is 6.48. The number of benzene rings is 1. The van der Waals surface area contributed by atoms with Crippen molar-refractivity contribution < 1.29 is 9.53 Å². The van der Waals surface area contributed by atoms with Crippen molar-refractivity contribution in [2.75, 3.05) is 19.0 Å². The van der Waals surface area contributed by atoms with Crippen LogP contribution in [0.4, 0.5) is 5.69 Å². The van der Waals surface area contributed by atoms with Gasteiger partial charge in [-0.3, -0.25) is 4.79 Å². The topological polar surface area (TPSA) is 64.3 Å². The number of hydrogen-bond donors (Lipinski definition) is 2. The molecule has 1 aromatic rings. The maximum atomic E-state index is 11.7. The lowest BCUT2D eigenvalue weighted by molar-refractivity contribution is -0.116. The monoisotopic (exact) mass is 264 g/mol. The maximum absolute atomic E-state index is 11.7. The highest BCUT2D eigenvalue weighted by atomic mass is 16.5. The molecule has 0 heterocycles. The molecule has 1 amide bonds. The van der Waals surface area contributed by atoms with E-state index in [0.29, 0.717) is 13.0 Å². The normalized spacial score (nSPS) is 11.3. The molecule has 106 valence electrons. The number of methoxy groups -OCH3 is 1. The van der Waals surface area contributed by atoms with Crippen LogP contribution in [0.5, 0.6) is 5.75 Å². The third-order valence-electron chi connectivity index (χ3n) is 3.00. The number of hydrogen-bond acceptors (Lipinski definition) is 3. The number of nitrogens with one attached hydrogen (secondary N) is 1. The molecule has 1 aromatic carbocycles. The fraction of sp³-hybridized carbons (Fsp3) is 0.533. The molecular weight excluding hydrogens is 240 g/mol. The third-order valence-corrected chi connectivity index (χ3v) is 3.00. The Kier molecular flexibility index (Phi) is 4.95. The van der Waals surface area contributed by atoms with Crippen molar-refractivity contribution in [1.82, 2.24) is 0 Å². The molecule has 0 atom stereocenters. The Morgan fingerprint density at radius 2 is 2.00 bits per heavy atom. The number of amides is 1. The highest BCUT2D eigenvalue weighted by molar-refractivity contribution is 5.91. The van der Waals surface area contributed by atoms with E-state index in [4.69, 9.17) is 10.5 Å². The van der Waals surface area contributed by atoms with Gasteiger partial charge in [-0.15, -0.1) is 0 Å². The van der Waals surface area contributed by atoms with E-state index < -0.39 is 0 Å². The zero-order chi connectivity index (χ0) is 14.6. The summed E-state index contributed by atoms with van der Waals surface area (Å²) in [6, 6.07) is 3.95. The summed E-state index contributed by atoms with van der Waals surface area (Å²) in [7, 11) is 1.66. The Hall–Kier alpha value is -1.55. The molecule has 0 aromatic heterocycles. The van der Waals surface area contributed by atoms with Crippen LogP contribution in [0.3, 0.4) is 0 Å². The van der Waals surface area contributed by atoms with Crippen LogP contribution in [0.1, 0.15) is 38.3 Å². The van der Waals surface area contributed by atoms with Crippen LogP contribution in [-0.4, -0.2) is 19.6 Å². The van der Waals surface area contributed by atoms with Crippen molar-refractivity contribution in [2.45, 2.75) is 39.5 Å². The van der Waals surface area contributed by atoms with E-state index in [9.17, 15) is 4.79 Å². The Bertz CT molecular complexity index is 462. The summed E-state index contributed by atoms with van der Waals surface area (Å²) in [6.07, 6.45) is 0.330. The molecule has 3 N–H and O–H groups in total. The zero-order valence-electron chi connectivity index (χ0n) is 12.5. The van der Waals surface area contributed by atoms with Crippen LogP contribution in [0.15, 0.2) is 12.1 Å². The summed E-state index contributed by atoms with van der Waals surface area (Å²) in [5.41, 5.74) is 8.21. The van der Waals surface area contributed by atoms with Crippen LogP contribution in [-0.2, 0) is 10.2 Å². The second kappa shape index (κ2) is 6.06. The lowest BCUT2D eigenvalue weighted by Gasteiger charge is -2.24. The first-order valence-corrected chi connectivity index (χ1v) is 6.48. The van der Waals surface area contributed by atoms with Crippen molar-refractivity contribution >= 4 is 11.6 Å². The summed E-state index contributed by atoms with van der Waals surface area (Å²) in [4.78, 5) is 11.7. The van der Waals surface area contributed by atoms with Crippen molar-refractivity contribution in [2.24, 2.45) is 5.73 Å². The van der Waals surface area contributed by atoms with Gasteiger partial charge in [0.05, 0.1) is 7.11 Å². The number of rotatable bonds is 4. The Labute approximate surface area is 115 Å². The van der Waals surface area contributed by atoms with Gasteiger partial charge in [-0.25, -0.2) is 0 Å². The molecule has 0 saturated heterocycles. The fourth-order valence-electron chi connectivity index (χ4n) is 1.91. The maximum Gasteiger partial charge on any atom is 0.225 e. The number of carbonyl (C=O) groups is 1. The highest BCUT2D eigenvalue weighted by Crippen LogP contribution is 2.35. The van der Waals surface area contributed by atoms with Gasteiger partial charge in [-0.2, -0.15) is 0 Å². The quantitative estimate of drug-likeness (QED) is 0.878. The molecule has 0 fully saturated rings. The summed E-state index contributed by atoms with van der Waals surface area (Å²) < 4.78 is 5.43. The first kappa shape index (κ1) is 15.5. The predicted molar refractivity (Wildman–Crippen MR) is 78.7 cm³/mol. The van der Waals surface area contributed by atoms with E-state index in [0.717, 1.165) is 22.6 Å². The number of nitrogens with two attached hydrogens (primary N) is 1. The van der Waals surface area contributed by atoms with Crippen molar-refractivity contribution in [3.05, 3.63) is 23.3 Å². The van der Waals surface area contributed by atoms with Gasteiger partial charge in [0.2, 0.25) is 5.91 Å². The van der Waals surface area contributed by atoms with Crippen molar-refractivity contribution in [3.63, 3.8) is 0 Å². The van der Waals surface area contributed by atoms with Crippen LogP contribution in [0, 0.1) is 6.92 Å². The minimum atomic E-state index is -0.0596. The van der Waals surface area contributed by atoms with Gasteiger partial charge in [0.25, 0.3) is 0 Å². The molecular formula is C15H24N2O2. The summed E-state index contributed by atoms with van der Waals surface area (Å²) >= 11 is 0. The number of anilines is 1. The lowest BCUT2D eigenvalue weighted by Crippen LogP contribution is -2.18. The summed E-state index contributed by atoms with van der Waals surface area (Å²) in [5.74, 6) is 0.789. The number of aryl methyl sites for hydroxylation is 1. The van der Waals surface area contributed by atoms with E-state index >= 15 is 0 Å². The van der Waals surface area contributed by atoms with E-state index in [1.807, 2.05) is 19.1 Å². The molecule has 0 unspecified atom stereocenters. The standard InChI is InChI=1S/C15H24N2O2/c1-10-8-13(19-5)11(15(2,3)4)9-12(10)17-14(18)6-7-16/h8-9H,6-7,16H2,1-5H3,(H,17,18). The average Bonchev–Trinajstić information content (AvgIpc) is 2.30. The second-order valence-corrected chi connectivity index (χ2v) is 5.70. The second-order valence-electron chi connectivity index (χ2n) is 5.70. The van der Waals surface area contributed by atoms with E-state index in [1.54, 1.807) is 7.11 Å². The van der Waals surface area contributed by atoms with Crippen LogP contribution in [0.25, 0.3) is 0 Å². The van der Waals surface area contributed by atoms with E-state index in [2.05, 4.69) is 26.1 Å². The predicted octanol–water partition coefficient (Wildman–Crippen LogP) is 2.59. The van der Waals surface area contributed by atoms with Gasteiger partial charge in [-0.1, -0.05) is 20.8 Å². The largest absolute Gasteiger partial charge is 0.496 e. The fourth-order valence-corrected chi connectivity index (χ4v) is 1.91. The molecule has 0 spiro atoms. The molecule has 4 nitrogen and oxygen atoms in total. The van der Waals surface area contributed by atoms with Gasteiger partial charge in [0.1, 0.15) is 5.75 Å². The zero-order valence-corrected chi connectivity index (χ0v) is 12.5. The summed E-state index contributed by atoms with van der Waals surface area (Å²) in [6.45, 7) is 8.66. The third kappa shape index (κ3) is 3.96.